The molecule has 34 heavy (non-hydrogen) atoms. The number of nitrogens with zero attached hydrogens (tertiary/aromatic N) is 3. The van der Waals surface area contributed by atoms with Crippen LogP contribution in [0.4, 0.5) is 4.79 Å². The molecule has 6 rings (SSSR count). The van der Waals surface area contributed by atoms with E-state index in [1.54, 1.807) is 9.58 Å². The van der Waals surface area contributed by atoms with Crippen molar-refractivity contribution in [2.75, 3.05) is 19.8 Å². The zero-order valence-electron chi connectivity index (χ0n) is 19.5. The summed E-state index contributed by atoms with van der Waals surface area (Å²) in [5.41, 5.74) is 5.42. The van der Waals surface area contributed by atoms with Crippen molar-refractivity contribution in [1.29, 1.82) is 0 Å². The van der Waals surface area contributed by atoms with Gasteiger partial charge < -0.3 is 14.6 Å². The van der Waals surface area contributed by atoms with Crippen LogP contribution in [0.3, 0.4) is 0 Å². The molecule has 2 fully saturated rings. The average molecular weight is 460 g/mol. The lowest BCUT2D eigenvalue weighted by Gasteiger charge is -2.50. The topological polar surface area (TPSA) is 76.8 Å². The molecule has 2 atom stereocenters. The summed E-state index contributed by atoms with van der Waals surface area (Å²) >= 11 is 0. The smallest absolute Gasteiger partial charge is 0.410 e. The van der Waals surface area contributed by atoms with E-state index in [2.05, 4.69) is 29.4 Å². The first-order valence-corrected chi connectivity index (χ1v) is 11.9. The lowest BCUT2D eigenvalue weighted by atomic mass is 9.77. The monoisotopic (exact) mass is 459 g/mol. The molecule has 7 heteroatoms. The number of hydrogen-bond donors (Lipinski definition) is 1. The number of carbonyl (C=O) groups excluding carboxylic acids is 1. The van der Waals surface area contributed by atoms with Crippen LogP contribution < -0.4 is 0 Å². The SMILES string of the molecule is Cc1nn(C)cc1C1(O)CC2COCC(C1)N2C(=O)OCC1c2ccccc2-c2ccccc21. The summed E-state index contributed by atoms with van der Waals surface area (Å²) in [5, 5.41) is 16.0. The number of aromatic nitrogens is 2. The van der Waals surface area contributed by atoms with E-state index in [9.17, 15) is 9.90 Å². The van der Waals surface area contributed by atoms with Gasteiger partial charge in [0.15, 0.2) is 0 Å². The fraction of sp³-hybridized carbons (Fsp3) is 0.407. The molecule has 0 saturated carbocycles. The van der Waals surface area contributed by atoms with Crippen LogP contribution >= 0.6 is 0 Å². The van der Waals surface area contributed by atoms with E-state index in [0.717, 1.165) is 11.3 Å². The van der Waals surface area contributed by atoms with Gasteiger partial charge in [0.1, 0.15) is 6.61 Å². The Hall–Kier alpha value is -3.16. The summed E-state index contributed by atoms with van der Waals surface area (Å²) < 4.78 is 13.5. The Balaban J connectivity index is 1.21. The molecule has 0 spiro atoms. The zero-order chi connectivity index (χ0) is 23.4. The van der Waals surface area contributed by atoms with Gasteiger partial charge in [0.05, 0.1) is 36.6 Å². The molecule has 2 aliphatic heterocycles. The summed E-state index contributed by atoms with van der Waals surface area (Å²) in [6.07, 6.45) is 2.36. The molecule has 2 saturated heterocycles. The van der Waals surface area contributed by atoms with Crippen LogP contribution in [0.1, 0.15) is 41.1 Å². The lowest BCUT2D eigenvalue weighted by molar-refractivity contribution is -0.136. The minimum absolute atomic E-state index is 0.0206. The fourth-order valence-corrected chi connectivity index (χ4v) is 6.22. The van der Waals surface area contributed by atoms with Crippen LogP contribution in [0, 0.1) is 6.92 Å². The van der Waals surface area contributed by atoms with Crippen LogP contribution in [0.25, 0.3) is 11.1 Å². The Morgan fingerprint density at radius 1 is 1.09 bits per heavy atom. The van der Waals surface area contributed by atoms with Gasteiger partial charge in [0.25, 0.3) is 0 Å². The number of aliphatic hydroxyl groups is 1. The molecule has 3 heterocycles. The Bertz CT molecular complexity index is 1190. The molecule has 3 aliphatic rings. The number of carbonyl (C=O) groups is 1. The van der Waals surface area contributed by atoms with Gasteiger partial charge in [0.2, 0.25) is 0 Å². The minimum Gasteiger partial charge on any atom is -0.448 e. The number of ether oxygens (including phenoxy) is 2. The van der Waals surface area contributed by atoms with E-state index in [4.69, 9.17) is 9.47 Å². The predicted molar refractivity (Wildman–Crippen MR) is 126 cm³/mol. The number of hydrogen-bond acceptors (Lipinski definition) is 5. The van der Waals surface area contributed by atoms with Gasteiger partial charge in [-0.2, -0.15) is 5.10 Å². The molecule has 2 unspecified atom stereocenters. The highest BCUT2D eigenvalue weighted by molar-refractivity contribution is 5.79. The molecule has 7 nitrogen and oxygen atoms in total. The summed E-state index contributed by atoms with van der Waals surface area (Å²) in [6, 6.07) is 16.2. The first-order chi connectivity index (χ1) is 16.4. The Labute approximate surface area is 198 Å². The molecule has 176 valence electrons. The van der Waals surface area contributed by atoms with Crippen molar-refractivity contribution < 1.29 is 19.4 Å². The summed E-state index contributed by atoms with van der Waals surface area (Å²) in [6.45, 7) is 2.98. The second-order valence-corrected chi connectivity index (χ2v) is 9.80. The van der Waals surface area contributed by atoms with Gasteiger partial charge in [-0.1, -0.05) is 48.5 Å². The first-order valence-electron chi connectivity index (χ1n) is 11.9. The maximum atomic E-state index is 13.4. The molecule has 3 aromatic rings. The number of piperidine rings is 1. The highest BCUT2D eigenvalue weighted by Gasteiger charge is 2.50. The van der Waals surface area contributed by atoms with E-state index >= 15 is 0 Å². The van der Waals surface area contributed by atoms with Gasteiger partial charge in [-0.15, -0.1) is 0 Å². The van der Waals surface area contributed by atoms with Crippen LogP contribution in [-0.2, 0) is 22.1 Å². The lowest BCUT2D eigenvalue weighted by Crippen LogP contribution is -2.62. The van der Waals surface area contributed by atoms with Crippen molar-refractivity contribution in [3.05, 3.63) is 77.1 Å². The molecule has 2 bridgehead atoms. The zero-order valence-corrected chi connectivity index (χ0v) is 19.5. The maximum Gasteiger partial charge on any atom is 0.410 e. The second kappa shape index (κ2) is 7.96. The Morgan fingerprint density at radius 3 is 2.24 bits per heavy atom. The van der Waals surface area contributed by atoms with Crippen molar-refractivity contribution in [2.24, 2.45) is 7.05 Å². The summed E-state index contributed by atoms with van der Waals surface area (Å²) in [5.74, 6) is 0.0206. The average Bonchev–Trinajstić information content (AvgIpc) is 3.33. The fourth-order valence-electron chi connectivity index (χ4n) is 6.22. The van der Waals surface area contributed by atoms with Crippen molar-refractivity contribution >= 4 is 6.09 Å². The highest BCUT2D eigenvalue weighted by atomic mass is 16.6. The van der Waals surface area contributed by atoms with Gasteiger partial charge in [-0.3, -0.25) is 9.58 Å². The molecule has 1 aromatic heterocycles. The molecule has 0 radical (unpaired) electrons. The van der Waals surface area contributed by atoms with Crippen LogP contribution in [0.5, 0.6) is 0 Å². The van der Waals surface area contributed by atoms with Gasteiger partial charge in [-0.25, -0.2) is 4.79 Å². The van der Waals surface area contributed by atoms with E-state index in [1.807, 2.05) is 44.4 Å². The molecule has 1 N–H and O–H groups in total. The molecule has 1 aliphatic carbocycles. The number of fused-ring (bicyclic) bond motifs is 5. The molecular weight excluding hydrogens is 430 g/mol. The van der Waals surface area contributed by atoms with Gasteiger partial charge in [-0.05, 0) is 29.2 Å². The Morgan fingerprint density at radius 2 is 1.68 bits per heavy atom. The quantitative estimate of drug-likeness (QED) is 0.646. The number of amides is 1. The van der Waals surface area contributed by atoms with E-state index in [-0.39, 0.29) is 30.7 Å². The summed E-state index contributed by atoms with van der Waals surface area (Å²) in [7, 11) is 1.86. The predicted octanol–water partition coefficient (Wildman–Crippen LogP) is 3.73. The third-order valence-corrected chi connectivity index (χ3v) is 7.62. The molecule has 2 aromatic carbocycles. The van der Waals surface area contributed by atoms with Crippen LogP contribution in [0.15, 0.2) is 54.7 Å². The summed E-state index contributed by atoms with van der Waals surface area (Å²) in [4.78, 5) is 15.2. The van der Waals surface area contributed by atoms with Crippen molar-refractivity contribution in [1.82, 2.24) is 14.7 Å². The van der Waals surface area contributed by atoms with Crippen LogP contribution in [0.2, 0.25) is 0 Å². The standard InChI is InChI=1S/C27H29N3O4/c1-17-25(13-29(2)28-17)27(32)11-18-14-33-15-19(12-27)30(18)26(31)34-16-24-22-9-5-3-7-20(22)21-8-4-6-10-23(21)24/h3-10,13,18-19,24,32H,11-12,14-16H2,1-2H3. The van der Waals surface area contributed by atoms with E-state index < -0.39 is 5.60 Å². The second-order valence-electron chi connectivity index (χ2n) is 9.80. The van der Waals surface area contributed by atoms with Crippen molar-refractivity contribution in [3.8, 4) is 11.1 Å². The number of benzene rings is 2. The molecule has 1 amide bonds. The van der Waals surface area contributed by atoms with Crippen molar-refractivity contribution in [2.45, 2.75) is 43.4 Å². The van der Waals surface area contributed by atoms with E-state index in [1.165, 1.54) is 22.3 Å². The van der Waals surface area contributed by atoms with Crippen molar-refractivity contribution in [3.63, 3.8) is 0 Å². The number of morpholine rings is 1. The molecular formula is C27H29N3O4. The normalized spacial score (nSPS) is 25.7. The third kappa shape index (κ3) is 3.34. The van der Waals surface area contributed by atoms with E-state index in [0.29, 0.717) is 26.1 Å². The first kappa shape index (κ1) is 21.4. The van der Waals surface area contributed by atoms with Crippen LogP contribution in [-0.4, -0.2) is 57.8 Å². The Kier molecular flexibility index (Phi) is 5.00. The minimum atomic E-state index is -1.03. The van der Waals surface area contributed by atoms with Gasteiger partial charge in [0, 0.05) is 37.6 Å². The maximum absolute atomic E-state index is 13.4. The van der Waals surface area contributed by atoms with Gasteiger partial charge >= 0.3 is 6.09 Å². The number of aryl methyl sites for hydroxylation is 2. The highest BCUT2D eigenvalue weighted by Crippen LogP contribution is 2.45. The number of rotatable bonds is 3. The third-order valence-electron chi connectivity index (χ3n) is 7.62. The largest absolute Gasteiger partial charge is 0.448 e.